The van der Waals surface area contributed by atoms with Crippen molar-refractivity contribution in [3.63, 3.8) is 0 Å². The molecule has 0 radical (unpaired) electrons. The predicted octanol–water partition coefficient (Wildman–Crippen LogP) is 3.24. The molecule has 0 heterocycles. The molecule has 0 aliphatic heterocycles. The minimum absolute atomic E-state index is 0.310. The first kappa shape index (κ1) is 21.6. The highest BCUT2D eigenvalue weighted by Crippen LogP contribution is 2.48. The number of carboxylic acids is 1. The van der Waals surface area contributed by atoms with Crippen LogP contribution in [0.15, 0.2) is 91.0 Å². The van der Waals surface area contributed by atoms with Crippen molar-refractivity contribution in [2.45, 2.75) is 10.8 Å². The minimum Gasteiger partial charge on any atom is -0.480 e. The van der Waals surface area contributed by atoms with E-state index in [1.165, 1.54) is 0 Å². The molecule has 1 atom stereocenters. The van der Waals surface area contributed by atoms with Gasteiger partial charge in [-0.05, 0) is 16.7 Å². The molecule has 0 fully saturated rings. The van der Waals surface area contributed by atoms with Gasteiger partial charge in [-0.15, -0.1) is 11.8 Å². The lowest BCUT2D eigenvalue weighted by Gasteiger charge is -2.36. The number of rotatable bonds is 9. The molecule has 0 saturated carbocycles. The van der Waals surface area contributed by atoms with Crippen LogP contribution in [-0.2, 0) is 14.3 Å². The number of benzene rings is 3. The lowest BCUT2D eigenvalue weighted by Crippen LogP contribution is -2.45. The Bertz CT molecular complexity index is 869. The third-order valence-electron chi connectivity index (χ3n) is 4.77. The number of nitrogens with one attached hydrogen (secondary N) is 1. The van der Waals surface area contributed by atoms with Gasteiger partial charge in [-0.3, -0.25) is 9.59 Å². The summed E-state index contributed by atoms with van der Waals surface area (Å²) in [6.45, 7) is -0.446. The fraction of sp³-hybridized carbons (Fsp3) is 0.167. The Kier molecular flexibility index (Phi) is 7.27. The molecule has 30 heavy (non-hydrogen) atoms. The Morgan fingerprint density at radius 1 is 0.833 bits per heavy atom. The van der Waals surface area contributed by atoms with E-state index in [4.69, 9.17) is 10.8 Å². The molecule has 5 nitrogen and oxygen atoms in total. The number of nitrogens with two attached hydrogens (primary N) is 1. The summed E-state index contributed by atoms with van der Waals surface area (Å²) in [6, 6.07) is 29.5. The van der Waals surface area contributed by atoms with Gasteiger partial charge < -0.3 is 16.2 Å². The van der Waals surface area contributed by atoms with Gasteiger partial charge in [-0.2, -0.15) is 0 Å². The van der Waals surface area contributed by atoms with Crippen molar-refractivity contribution in [2.24, 2.45) is 5.73 Å². The SMILES string of the molecule is N[C@@H](CSC(c1ccccc1)(c1ccccc1)c1ccccc1)C(=O)NCC(=O)O. The lowest BCUT2D eigenvalue weighted by atomic mass is 9.84. The number of carbonyl (C=O) groups excluding carboxylic acids is 1. The first-order chi connectivity index (χ1) is 14.5. The third kappa shape index (κ3) is 4.90. The first-order valence-electron chi connectivity index (χ1n) is 9.59. The van der Waals surface area contributed by atoms with Gasteiger partial charge in [0, 0.05) is 5.75 Å². The van der Waals surface area contributed by atoms with Crippen LogP contribution in [0.25, 0.3) is 0 Å². The molecule has 4 N–H and O–H groups in total. The molecular weight excluding hydrogens is 396 g/mol. The molecule has 3 aromatic carbocycles. The highest BCUT2D eigenvalue weighted by atomic mass is 32.2. The van der Waals surface area contributed by atoms with E-state index in [1.54, 1.807) is 11.8 Å². The van der Waals surface area contributed by atoms with E-state index in [1.807, 2.05) is 54.6 Å². The highest BCUT2D eigenvalue weighted by molar-refractivity contribution is 8.00. The predicted molar refractivity (Wildman–Crippen MR) is 120 cm³/mol. The van der Waals surface area contributed by atoms with Crippen LogP contribution in [-0.4, -0.2) is 35.3 Å². The smallest absolute Gasteiger partial charge is 0.322 e. The van der Waals surface area contributed by atoms with Gasteiger partial charge in [-0.25, -0.2) is 0 Å². The van der Waals surface area contributed by atoms with Crippen LogP contribution >= 0.6 is 11.8 Å². The van der Waals surface area contributed by atoms with Gasteiger partial charge in [0.2, 0.25) is 5.91 Å². The number of thioether (sulfide) groups is 1. The second-order valence-electron chi connectivity index (χ2n) is 6.81. The van der Waals surface area contributed by atoms with Crippen LogP contribution in [0.4, 0.5) is 0 Å². The molecule has 0 spiro atoms. The van der Waals surface area contributed by atoms with Crippen molar-refractivity contribution in [1.82, 2.24) is 5.32 Å². The van der Waals surface area contributed by atoms with Gasteiger partial charge in [0.1, 0.15) is 6.54 Å². The second kappa shape index (κ2) is 10.1. The van der Waals surface area contributed by atoms with Gasteiger partial charge in [0.25, 0.3) is 0 Å². The molecule has 0 aromatic heterocycles. The summed E-state index contributed by atoms with van der Waals surface area (Å²) in [5, 5.41) is 11.1. The molecule has 6 heteroatoms. The standard InChI is InChI=1S/C24H24N2O3S/c25-21(23(29)26-16-22(27)28)17-30-24(18-10-4-1-5-11-18,19-12-6-2-7-13-19)20-14-8-3-9-15-20/h1-15,21H,16-17,25H2,(H,26,29)(H,27,28)/t21-/m0/s1. The van der Waals surface area contributed by atoms with Crippen LogP contribution in [0, 0.1) is 0 Å². The van der Waals surface area contributed by atoms with E-state index in [-0.39, 0.29) is 0 Å². The van der Waals surface area contributed by atoms with Crippen molar-refractivity contribution in [1.29, 1.82) is 0 Å². The maximum absolute atomic E-state index is 12.3. The van der Waals surface area contributed by atoms with Crippen molar-refractivity contribution in [3.05, 3.63) is 108 Å². The van der Waals surface area contributed by atoms with Gasteiger partial charge in [0.05, 0.1) is 10.8 Å². The minimum atomic E-state index is -1.10. The topological polar surface area (TPSA) is 92.4 Å². The highest BCUT2D eigenvalue weighted by Gasteiger charge is 2.37. The molecule has 0 bridgehead atoms. The summed E-state index contributed by atoms with van der Waals surface area (Å²) in [6.07, 6.45) is 0. The summed E-state index contributed by atoms with van der Waals surface area (Å²) < 4.78 is -0.575. The Labute approximate surface area is 180 Å². The number of amides is 1. The molecule has 0 aliphatic carbocycles. The molecule has 3 aromatic rings. The van der Waals surface area contributed by atoms with Crippen LogP contribution in [0.5, 0.6) is 0 Å². The zero-order valence-corrected chi connectivity index (χ0v) is 17.2. The number of aliphatic carboxylic acids is 1. The van der Waals surface area contributed by atoms with E-state index in [9.17, 15) is 9.59 Å². The van der Waals surface area contributed by atoms with E-state index in [0.717, 1.165) is 16.7 Å². The fourth-order valence-electron chi connectivity index (χ4n) is 3.35. The number of carbonyl (C=O) groups is 2. The zero-order chi connectivity index (χ0) is 21.4. The Morgan fingerprint density at radius 3 is 1.60 bits per heavy atom. The number of carboxylic acid groups (broad SMARTS) is 1. The summed E-state index contributed by atoms with van der Waals surface area (Å²) in [4.78, 5) is 23.0. The van der Waals surface area contributed by atoms with Gasteiger partial charge in [-0.1, -0.05) is 91.0 Å². The van der Waals surface area contributed by atoms with Crippen LogP contribution < -0.4 is 11.1 Å². The Morgan fingerprint density at radius 2 is 1.23 bits per heavy atom. The van der Waals surface area contributed by atoms with Crippen LogP contribution in [0.2, 0.25) is 0 Å². The van der Waals surface area contributed by atoms with E-state index in [2.05, 4.69) is 41.7 Å². The van der Waals surface area contributed by atoms with Gasteiger partial charge in [0.15, 0.2) is 0 Å². The normalized spacial score (nSPS) is 12.2. The number of hydrogen-bond acceptors (Lipinski definition) is 4. The monoisotopic (exact) mass is 420 g/mol. The average Bonchev–Trinajstić information content (AvgIpc) is 2.80. The largest absolute Gasteiger partial charge is 0.480 e. The molecule has 1 amide bonds. The molecular formula is C24H24N2O3S. The Hall–Kier alpha value is -3.09. The second-order valence-corrected chi connectivity index (χ2v) is 8.04. The van der Waals surface area contributed by atoms with Crippen molar-refractivity contribution >= 4 is 23.6 Å². The summed E-state index contributed by atoms with van der Waals surface area (Å²) in [5.41, 5.74) is 9.34. The Balaban J connectivity index is 2.01. The first-order valence-corrected chi connectivity index (χ1v) is 10.6. The zero-order valence-electron chi connectivity index (χ0n) is 16.4. The maximum Gasteiger partial charge on any atom is 0.322 e. The van der Waals surface area contributed by atoms with E-state index in [0.29, 0.717) is 5.75 Å². The van der Waals surface area contributed by atoms with Crippen LogP contribution in [0.1, 0.15) is 16.7 Å². The maximum atomic E-state index is 12.3. The average molecular weight is 421 g/mol. The molecule has 0 saturated heterocycles. The summed E-state index contributed by atoms with van der Waals surface area (Å²) >= 11 is 1.57. The molecule has 154 valence electrons. The van der Waals surface area contributed by atoms with E-state index < -0.39 is 29.2 Å². The molecule has 3 rings (SSSR count). The summed E-state index contributed by atoms with van der Waals surface area (Å²) in [5.74, 6) is -1.27. The quantitative estimate of drug-likeness (QED) is 0.462. The van der Waals surface area contributed by atoms with Crippen molar-refractivity contribution in [2.75, 3.05) is 12.3 Å². The summed E-state index contributed by atoms with van der Waals surface area (Å²) in [7, 11) is 0. The fourth-order valence-corrected chi connectivity index (χ4v) is 4.84. The third-order valence-corrected chi connectivity index (χ3v) is 6.44. The number of hydrogen-bond donors (Lipinski definition) is 3. The van der Waals surface area contributed by atoms with Crippen molar-refractivity contribution < 1.29 is 14.7 Å². The molecule has 0 aliphatic rings. The lowest BCUT2D eigenvalue weighted by molar-refractivity contribution is -0.138. The van der Waals surface area contributed by atoms with E-state index >= 15 is 0 Å². The van der Waals surface area contributed by atoms with Crippen LogP contribution in [0.3, 0.4) is 0 Å². The molecule has 0 unspecified atom stereocenters. The van der Waals surface area contributed by atoms with Crippen molar-refractivity contribution in [3.8, 4) is 0 Å². The van der Waals surface area contributed by atoms with Gasteiger partial charge >= 0.3 is 5.97 Å².